The van der Waals surface area contributed by atoms with Gasteiger partial charge in [-0.2, -0.15) is 4.59 Å². The lowest BCUT2D eigenvalue weighted by Crippen LogP contribution is -2.89. The van der Waals surface area contributed by atoms with Crippen molar-refractivity contribution in [3.8, 4) is 0 Å². The molecule has 0 saturated heterocycles. The van der Waals surface area contributed by atoms with Crippen molar-refractivity contribution >= 4 is 0 Å². The molecular formula is C12H34N7O+. The van der Waals surface area contributed by atoms with Gasteiger partial charge in [-0.25, -0.2) is 15.5 Å². The van der Waals surface area contributed by atoms with Crippen LogP contribution in [0, 0.1) is 0 Å². The lowest BCUT2D eigenvalue weighted by molar-refractivity contribution is -1.10. The summed E-state index contributed by atoms with van der Waals surface area (Å²) in [5.74, 6) is -0.657. The Morgan fingerprint density at radius 3 is 2.00 bits per heavy atom. The van der Waals surface area contributed by atoms with Crippen LogP contribution >= 0.6 is 0 Å². The van der Waals surface area contributed by atoms with Gasteiger partial charge in [-0.05, 0) is 35.0 Å². The fourth-order valence-electron chi connectivity index (χ4n) is 3.01. The van der Waals surface area contributed by atoms with Crippen LogP contribution in [-0.2, 0) is 0 Å². The Hall–Kier alpha value is -0.320. The minimum atomic E-state index is -0.691. The first-order valence-electron chi connectivity index (χ1n) is 7.20. The largest absolute Gasteiger partial charge is 0.310 e. The van der Waals surface area contributed by atoms with E-state index in [1.807, 2.05) is 40.0 Å². The summed E-state index contributed by atoms with van der Waals surface area (Å²) in [6, 6.07) is 0. The summed E-state index contributed by atoms with van der Waals surface area (Å²) in [4.78, 5) is 2.03. The quantitative estimate of drug-likeness (QED) is 0.199. The van der Waals surface area contributed by atoms with E-state index in [4.69, 9.17) is 5.73 Å². The highest BCUT2D eigenvalue weighted by molar-refractivity contribution is 4.72. The van der Waals surface area contributed by atoms with Crippen LogP contribution in [0.25, 0.3) is 0 Å². The highest BCUT2D eigenvalue weighted by Crippen LogP contribution is 2.25. The maximum absolute atomic E-state index is 9.43. The first-order chi connectivity index (χ1) is 9.32. The molecule has 0 aromatic carbocycles. The van der Waals surface area contributed by atoms with Crippen LogP contribution in [0.1, 0.15) is 20.8 Å². The maximum atomic E-state index is 9.43. The van der Waals surface area contributed by atoms with Crippen molar-refractivity contribution in [1.29, 1.82) is 0 Å². The van der Waals surface area contributed by atoms with Gasteiger partial charge in [0, 0.05) is 19.6 Å². The fourth-order valence-corrected chi connectivity index (χ4v) is 3.01. The normalized spacial score (nSPS) is 19.9. The van der Waals surface area contributed by atoms with E-state index in [9.17, 15) is 5.21 Å². The minimum absolute atomic E-state index is 0.230. The molecule has 0 aliphatic heterocycles. The molecule has 8 nitrogen and oxygen atoms in total. The van der Waals surface area contributed by atoms with Crippen LogP contribution in [0.4, 0.5) is 0 Å². The molecule has 0 saturated carbocycles. The SMILES string of the molecule is CCNC(NC)(N(C)C)[N+](C)(C(N)NO)N(CC)CC. The fraction of sp³-hybridized carbons (Fsp3) is 1.00. The van der Waals surface area contributed by atoms with Gasteiger partial charge in [0.2, 0.25) is 6.29 Å². The highest BCUT2D eigenvalue weighted by atomic mass is 16.5. The highest BCUT2D eigenvalue weighted by Gasteiger charge is 2.56. The molecule has 20 heavy (non-hydrogen) atoms. The van der Waals surface area contributed by atoms with Crippen molar-refractivity contribution in [3.63, 3.8) is 0 Å². The Balaban J connectivity index is 6.00. The molecule has 0 radical (unpaired) electrons. The van der Waals surface area contributed by atoms with Crippen LogP contribution < -0.4 is 21.8 Å². The van der Waals surface area contributed by atoms with Crippen molar-refractivity contribution in [2.45, 2.75) is 33.0 Å². The Morgan fingerprint density at radius 1 is 1.25 bits per heavy atom. The van der Waals surface area contributed by atoms with Crippen molar-refractivity contribution in [2.24, 2.45) is 5.73 Å². The molecule has 8 heteroatoms. The summed E-state index contributed by atoms with van der Waals surface area (Å²) in [5, 5.41) is 18.4. The number of nitrogens with zero attached hydrogens (tertiary/aromatic N) is 3. The van der Waals surface area contributed by atoms with Gasteiger partial charge in [0.1, 0.15) is 0 Å². The van der Waals surface area contributed by atoms with Gasteiger partial charge in [-0.15, -0.1) is 10.5 Å². The number of hydrogen-bond acceptors (Lipinski definition) is 7. The van der Waals surface area contributed by atoms with E-state index in [1.54, 1.807) is 0 Å². The number of hydrogen-bond donors (Lipinski definition) is 5. The zero-order valence-corrected chi connectivity index (χ0v) is 14.1. The van der Waals surface area contributed by atoms with Crippen molar-refractivity contribution in [1.82, 2.24) is 26.0 Å². The molecule has 0 aliphatic carbocycles. The minimum Gasteiger partial charge on any atom is -0.310 e. The van der Waals surface area contributed by atoms with Crippen LogP contribution in [0.15, 0.2) is 0 Å². The second-order valence-corrected chi connectivity index (χ2v) is 5.09. The van der Waals surface area contributed by atoms with Crippen LogP contribution in [-0.4, -0.2) is 79.7 Å². The lowest BCUT2D eigenvalue weighted by atomic mass is 10.3. The number of quaternary nitrogens is 1. The molecule has 0 fully saturated rings. The first-order valence-corrected chi connectivity index (χ1v) is 7.20. The Morgan fingerprint density at radius 2 is 1.75 bits per heavy atom. The third-order valence-corrected chi connectivity index (χ3v) is 4.07. The number of nitrogens with two attached hydrogens (primary N) is 1. The number of nitrogens with one attached hydrogen (secondary N) is 3. The number of hydroxylamine groups is 1. The molecular weight excluding hydrogens is 258 g/mol. The zero-order valence-electron chi connectivity index (χ0n) is 14.1. The van der Waals surface area contributed by atoms with Crippen molar-refractivity contribution in [2.75, 3.05) is 47.8 Å². The summed E-state index contributed by atoms with van der Waals surface area (Å²) >= 11 is 0. The van der Waals surface area contributed by atoms with E-state index in [2.05, 4.69) is 35.0 Å². The number of rotatable bonds is 10. The molecule has 0 amide bonds. The van der Waals surface area contributed by atoms with Crippen molar-refractivity contribution < 1.29 is 9.80 Å². The summed E-state index contributed by atoms with van der Waals surface area (Å²) < 4.78 is 0.230. The second kappa shape index (κ2) is 8.20. The topological polar surface area (TPSA) is 88.8 Å². The van der Waals surface area contributed by atoms with Gasteiger partial charge in [0.05, 0.1) is 7.05 Å². The van der Waals surface area contributed by atoms with Crippen LogP contribution in [0.3, 0.4) is 0 Å². The zero-order chi connectivity index (χ0) is 16.0. The molecule has 122 valence electrons. The molecule has 0 aliphatic rings. The molecule has 0 rings (SSSR count). The summed E-state index contributed by atoms with van der Waals surface area (Å²) in [5.41, 5.74) is 8.41. The molecule has 0 aromatic heterocycles. The van der Waals surface area contributed by atoms with Crippen LogP contribution in [0.5, 0.6) is 0 Å². The Bertz CT molecular complexity index is 275. The molecule has 3 unspecified atom stereocenters. The van der Waals surface area contributed by atoms with E-state index in [0.29, 0.717) is 0 Å². The van der Waals surface area contributed by atoms with E-state index in [1.165, 1.54) is 0 Å². The van der Waals surface area contributed by atoms with Gasteiger partial charge in [0.15, 0.2) is 0 Å². The Kier molecular flexibility index (Phi) is 8.07. The molecule has 6 N–H and O–H groups in total. The molecule has 0 bridgehead atoms. The Labute approximate surface area is 123 Å². The lowest BCUT2D eigenvalue weighted by Gasteiger charge is -2.57. The van der Waals surface area contributed by atoms with Gasteiger partial charge >= 0.3 is 0 Å². The molecule has 3 atom stereocenters. The molecule has 0 spiro atoms. The van der Waals surface area contributed by atoms with Gasteiger partial charge in [-0.3, -0.25) is 5.73 Å². The van der Waals surface area contributed by atoms with E-state index in [-0.39, 0.29) is 4.59 Å². The van der Waals surface area contributed by atoms with Gasteiger partial charge < -0.3 is 5.21 Å². The van der Waals surface area contributed by atoms with Crippen LogP contribution in [0.2, 0.25) is 0 Å². The van der Waals surface area contributed by atoms with E-state index >= 15 is 0 Å². The smallest absolute Gasteiger partial charge is 0.293 e. The average molecular weight is 292 g/mol. The standard InChI is InChI=1S/C12H34N7O/c1-8-15-12(14-4,17(5)6)19(7,11(13)16-20)18(9-2)10-3/h11,14-16,20H,8-10,13H2,1-7H3/q+1. The van der Waals surface area contributed by atoms with Gasteiger partial charge in [0.25, 0.3) is 5.91 Å². The summed E-state index contributed by atoms with van der Waals surface area (Å²) in [6.45, 7) is 8.54. The molecule has 0 heterocycles. The summed E-state index contributed by atoms with van der Waals surface area (Å²) in [6.07, 6.45) is -0.691. The third kappa shape index (κ3) is 3.12. The first kappa shape index (κ1) is 19.7. The van der Waals surface area contributed by atoms with Crippen molar-refractivity contribution in [3.05, 3.63) is 0 Å². The van der Waals surface area contributed by atoms with E-state index < -0.39 is 12.2 Å². The second-order valence-electron chi connectivity index (χ2n) is 5.09. The third-order valence-electron chi connectivity index (χ3n) is 4.07. The van der Waals surface area contributed by atoms with E-state index in [0.717, 1.165) is 19.6 Å². The van der Waals surface area contributed by atoms with Gasteiger partial charge in [-0.1, -0.05) is 6.92 Å². The predicted molar refractivity (Wildman–Crippen MR) is 81.2 cm³/mol. The predicted octanol–water partition coefficient (Wildman–Crippen LogP) is -1.09. The molecule has 0 aromatic rings. The summed E-state index contributed by atoms with van der Waals surface area (Å²) in [7, 11) is 7.82. The average Bonchev–Trinajstić information content (AvgIpc) is 2.44. The maximum Gasteiger partial charge on any atom is 0.293 e. The monoisotopic (exact) mass is 292 g/mol.